The van der Waals surface area contributed by atoms with Gasteiger partial charge in [-0.15, -0.1) is 0 Å². The molecule has 0 radical (unpaired) electrons. The number of benzene rings is 1. The number of rotatable bonds is 6. The second-order valence-corrected chi connectivity index (χ2v) is 4.36. The molecular formula is C14H21NO4. The first-order valence-electron chi connectivity index (χ1n) is 6.23. The van der Waals surface area contributed by atoms with E-state index in [9.17, 15) is 9.90 Å². The highest BCUT2D eigenvalue weighted by atomic mass is 16.5. The Morgan fingerprint density at radius 1 is 1.47 bits per heavy atom. The molecule has 0 aliphatic heterocycles. The lowest BCUT2D eigenvalue weighted by Gasteiger charge is -2.21. The zero-order valence-corrected chi connectivity index (χ0v) is 11.6. The summed E-state index contributed by atoms with van der Waals surface area (Å²) < 4.78 is 10.0. The van der Waals surface area contributed by atoms with Crippen molar-refractivity contribution in [1.82, 2.24) is 0 Å². The summed E-state index contributed by atoms with van der Waals surface area (Å²) in [5.74, 6) is 0.137. The summed E-state index contributed by atoms with van der Waals surface area (Å²) in [5, 5.41) is 10.3. The van der Waals surface area contributed by atoms with E-state index in [-0.39, 0.29) is 6.42 Å². The van der Waals surface area contributed by atoms with Gasteiger partial charge in [-0.25, -0.2) is 0 Å². The number of aliphatic hydroxyl groups excluding tert-OH is 1. The standard InChI is InChI=1S/C14H21NO4/c1-4-19-12-6-5-9(2)7-10(12)14(17)11(15)8-13(16)18-3/h5-7,11,14,17H,4,8,15H2,1-3H3. The van der Waals surface area contributed by atoms with Crippen LogP contribution in [-0.4, -0.2) is 30.8 Å². The van der Waals surface area contributed by atoms with E-state index >= 15 is 0 Å². The largest absolute Gasteiger partial charge is 0.493 e. The Morgan fingerprint density at radius 3 is 2.74 bits per heavy atom. The van der Waals surface area contributed by atoms with Crippen LogP contribution in [-0.2, 0) is 9.53 Å². The number of carbonyl (C=O) groups excluding carboxylic acids is 1. The van der Waals surface area contributed by atoms with Crippen LogP contribution in [0.4, 0.5) is 0 Å². The molecule has 19 heavy (non-hydrogen) atoms. The van der Waals surface area contributed by atoms with E-state index in [2.05, 4.69) is 4.74 Å². The molecule has 0 bridgehead atoms. The first-order chi connectivity index (χ1) is 8.99. The number of hydrogen-bond donors (Lipinski definition) is 2. The van der Waals surface area contributed by atoms with Crippen LogP contribution < -0.4 is 10.5 Å². The van der Waals surface area contributed by atoms with Crippen molar-refractivity contribution in [2.45, 2.75) is 32.4 Å². The van der Waals surface area contributed by atoms with Crippen molar-refractivity contribution >= 4 is 5.97 Å². The highest BCUT2D eigenvalue weighted by Gasteiger charge is 2.23. The third kappa shape index (κ3) is 4.22. The summed E-state index contributed by atoms with van der Waals surface area (Å²) in [4.78, 5) is 11.2. The highest BCUT2D eigenvalue weighted by Crippen LogP contribution is 2.29. The van der Waals surface area contributed by atoms with Crippen LogP contribution in [0.1, 0.15) is 30.6 Å². The van der Waals surface area contributed by atoms with Crippen molar-refractivity contribution in [3.63, 3.8) is 0 Å². The van der Waals surface area contributed by atoms with Gasteiger partial charge in [0, 0.05) is 11.6 Å². The fourth-order valence-electron chi connectivity index (χ4n) is 1.80. The topological polar surface area (TPSA) is 81.8 Å². The van der Waals surface area contributed by atoms with Gasteiger partial charge in [0.05, 0.1) is 26.2 Å². The van der Waals surface area contributed by atoms with Gasteiger partial charge in [0.1, 0.15) is 5.75 Å². The van der Waals surface area contributed by atoms with Gasteiger partial charge in [0.2, 0.25) is 0 Å². The molecule has 0 aromatic heterocycles. The van der Waals surface area contributed by atoms with Crippen molar-refractivity contribution < 1.29 is 19.4 Å². The van der Waals surface area contributed by atoms with Crippen molar-refractivity contribution in [1.29, 1.82) is 0 Å². The molecule has 1 rings (SSSR count). The number of ether oxygens (including phenoxy) is 2. The zero-order valence-electron chi connectivity index (χ0n) is 11.6. The second-order valence-electron chi connectivity index (χ2n) is 4.36. The molecule has 0 spiro atoms. The van der Waals surface area contributed by atoms with Crippen LogP contribution >= 0.6 is 0 Å². The van der Waals surface area contributed by atoms with Crippen LogP contribution in [0.15, 0.2) is 18.2 Å². The van der Waals surface area contributed by atoms with Crippen LogP contribution in [0.2, 0.25) is 0 Å². The van der Waals surface area contributed by atoms with Gasteiger partial charge in [-0.05, 0) is 26.0 Å². The summed E-state index contributed by atoms with van der Waals surface area (Å²) in [5.41, 5.74) is 7.42. The van der Waals surface area contributed by atoms with E-state index in [4.69, 9.17) is 10.5 Å². The van der Waals surface area contributed by atoms with Gasteiger partial charge in [-0.2, -0.15) is 0 Å². The number of aryl methyl sites for hydroxylation is 1. The average molecular weight is 267 g/mol. The summed E-state index contributed by atoms with van der Waals surface area (Å²) in [6.07, 6.45) is -1.02. The molecule has 1 aromatic carbocycles. The number of esters is 1. The third-order valence-corrected chi connectivity index (χ3v) is 2.82. The van der Waals surface area contributed by atoms with Gasteiger partial charge in [0.15, 0.2) is 0 Å². The molecule has 0 saturated heterocycles. The molecule has 3 N–H and O–H groups in total. The minimum atomic E-state index is -0.972. The molecule has 0 aliphatic carbocycles. The Bertz CT molecular complexity index is 433. The molecular weight excluding hydrogens is 246 g/mol. The van der Waals surface area contributed by atoms with Crippen molar-refractivity contribution in [3.8, 4) is 5.75 Å². The third-order valence-electron chi connectivity index (χ3n) is 2.82. The SMILES string of the molecule is CCOc1ccc(C)cc1C(O)C(N)CC(=O)OC. The van der Waals surface area contributed by atoms with Crippen LogP contribution in [0.3, 0.4) is 0 Å². The maximum atomic E-state index is 11.2. The average Bonchev–Trinajstić information content (AvgIpc) is 2.39. The minimum absolute atomic E-state index is 0.0445. The van der Waals surface area contributed by atoms with Crippen molar-refractivity contribution in [3.05, 3.63) is 29.3 Å². The van der Waals surface area contributed by atoms with Gasteiger partial charge >= 0.3 is 5.97 Å². The molecule has 106 valence electrons. The fourth-order valence-corrected chi connectivity index (χ4v) is 1.80. The van der Waals surface area contributed by atoms with E-state index in [1.807, 2.05) is 26.0 Å². The Labute approximate surface area is 113 Å². The predicted octanol–water partition coefficient (Wildman–Crippen LogP) is 1.32. The van der Waals surface area contributed by atoms with E-state index < -0.39 is 18.1 Å². The normalized spacial score (nSPS) is 13.7. The lowest BCUT2D eigenvalue weighted by molar-refractivity contribution is -0.141. The smallest absolute Gasteiger partial charge is 0.307 e. The Kier molecular flexibility index (Phi) is 5.79. The lowest BCUT2D eigenvalue weighted by atomic mass is 9.98. The van der Waals surface area contributed by atoms with Gasteiger partial charge in [-0.3, -0.25) is 4.79 Å². The molecule has 2 atom stereocenters. The van der Waals surface area contributed by atoms with E-state index in [0.717, 1.165) is 5.56 Å². The number of aliphatic hydroxyl groups is 1. The van der Waals surface area contributed by atoms with Crippen molar-refractivity contribution in [2.24, 2.45) is 5.73 Å². The van der Waals surface area contributed by atoms with Gasteiger partial charge in [-0.1, -0.05) is 11.6 Å². The molecule has 2 unspecified atom stereocenters. The minimum Gasteiger partial charge on any atom is -0.493 e. The first kappa shape index (κ1) is 15.5. The van der Waals surface area contributed by atoms with Crippen LogP contribution in [0, 0.1) is 6.92 Å². The Balaban J connectivity index is 2.93. The number of carbonyl (C=O) groups is 1. The van der Waals surface area contributed by atoms with E-state index in [1.54, 1.807) is 6.07 Å². The van der Waals surface area contributed by atoms with Crippen LogP contribution in [0.25, 0.3) is 0 Å². The second kappa shape index (κ2) is 7.11. The molecule has 0 aliphatic rings. The number of hydrogen-bond acceptors (Lipinski definition) is 5. The summed E-state index contributed by atoms with van der Waals surface area (Å²) in [6.45, 7) is 4.27. The molecule has 0 fully saturated rings. The van der Waals surface area contributed by atoms with Gasteiger partial charge < -0.3 is 20.3 Å². The number of nitrogens with two attached hydrogens (primary N) is 1. The summed E-state index contributed by atoms with van der Waals surface area (Å²) in [7, 11) is 1.29. The highest BCUT2D eigenvalue weighted by molar-refractivity contribution is 5.70. The number of methoxy groups -OCH3 is 1. The molecule has 0 heterocycles. The monoisotopic (exact) mass is 267 g/mol. The molecule has 0 amide bonds. The van der Waals surface area contributed by atoms with Crippen molar-refractivity contribution in [2.75, 3.05) is 13.7 Å². The van der Waals surface area contributed by atoms with E-state index in [0.29, 0.717) is 17.9 Å². The molecule has 1 aromatic rings. The molecule has 5 heteroatoms. The van der Waals surface area contributed by atoms with Gasteiger partial charge in [0.25, 0.3) is 0 Å². The Hall–Kier alpha value is -1.59. The molecule has 5 nitrogen and oxygen atoms in total. The molecule has 0 saturated carbocycles. The summed E-state index contributed by atoms with van der Waals surface area (Å²) in [6, 6.07) is 4.77. The predicted molar refractivity (Wildman–Crippen MR) is 71.9 cm³/mol. The quantitative estimate of drug-likeness (QED) is 0.760. The zero-order chi connectivity index (χ0) is 14.4. The maximum Gasteiger partial charge on any atom is 0.307 e. The maximum absolute atomic E-state index is 11.2. The Morgan fingerprint density at radius 2 is 2.16 bits per heavy atom. The fraction of sp³-hybridized carbons (Fsp3) is 0.500. The first-order valence-corrected chi connectivity index (χ1v) is 6.23. The van der Waals surface area contributed by atoms with Crippen LogP contribution in [0.5, 0.6) is 5.75 Å². The lowest BCUT2D eigenvalue weighted by Crippen LogP contribution is -2.31. The van der Waals surface area contributed by atoms with E-state index in [1.165, 1.54) is 7.11 Å². The summed E-state index contributed by atoms with van der Waals surface area (Å²) >= 11 is 0.